The van der Waals surface area contributed by atoms with E-state index in [-0.39, 0.29) is 5.54 Å². The molecule has 0 saturated heterocycles. The molecule has 2 rings (SSSR count). The van der Waals surface area contributed by atoms with E-state index in [0.29, 0.717) is 0 Å². The standard InChI is InChI=1S/C8H12N2S/c1-6-4-11-7-9-8(2,3)5-10(6)7/h4H,5H2,1-3H3. The minimum atomic E-state index is 0.123. The molecule has 0 atom stereocenters. The number of fused-ring (bicyclic) bond motifs is 1. The molecule has 0 bridgehead atoms. The topological polar surface area (TPSA) is 15.6 Å². The van der Waals surface area contributed by atoms with Gasteiger partial charge in [-0.3, -0.25) is 4.99 Å². The molecule has 11 heavy (non-hydrogen) atoms. The Balaban J connectivity index is 2.28. The summed E-state index contributed by atoms with van der Waals surface area (Å²) in [6.07, 6.45) is 0. The van der Waals surface area contributed by atoms with Crippen LogP contribution in [0.5, 0.6) is 0 Å². The first-order valence-electron chi connectivity index (χ1n) is 3.79. The summed E-state index contributed by atoms with van der Waals surface area (Å²) in [7, 11) is 0. The Morgan fingerprint density at radius 2 is 2.36 bits per heavy atom. The molecule has 0 unspecified atom stereocenters. The predicted molar refractivity (Wildman–Crippen MR) is 49.6 cm³/mol. The van der Waals surface area contributed by atoms with Crippen molar-refractivity contribution in [2.45, 2.75) is 26.3 Å². The maximum absolute atomic E-state index is 4.59. The van der Waals surface area contributed by atoms with Crippen molar-refractivity contribution in [3.63, 3.8) is 0 Å². The van der Waals surface area contributed by atoms with Crippen molar-refractivity contribution in [2.75, 3.05) is 6.54 Å². The third kappa shape index (κ3) is 1.07. The van der Waals surface area contributed by atoms with Crippen molar-refractivity contribution >= 4 is 16.9 Å². The van der Waals surface area contributed by atoms with E-state index in [9.17, 15) is 0 Å². The number of hydrogen-bond acceptors (Lipinski definition) is 3. The summed E-state index contributed by atoms with van der Waals surface area (Å²) in [5, 5.41) is 3.33. The average Bonchev–Trinajstić information content (AvgIpc) is 2.31. The van der Waals surface area contributed by atoms with E-state index in [1.807, 2.05) is 0 Å². The van der Waals surface area contributed by atoms with Gasteiger partial charge in [-0.1, -0.05) is 11.8 Å². The lowest BCUT2D eigenvalue weighted by molar-refractivity contribution is 0.435. The summed E-state index contributed by atoms with van der Waals surface area (Å²) in [4.78, 5) is 6.87. The van der Waals surface area contributed by atoms with Gasteiger partial charge < -0.3 is 4.90 Å². The third-order valence-corrected chi connectivity index (χ3v) is 2.92. The fourth-order valence-electron chi connectivity index (χ4n) is 1.38. The van der Waals surface area contributed by atoms with Gasteiger partial charge in [0.25, 0.3) is 0 Å². The molecule has 0 amide bonds. The van der Waals surface area contributed by atoms with Gasteiger partial charge >= 0.3 is 0 Å². The van der Waals surface area contributed by atoms with Gasteiger partial charge in [-0.05, 0) is 26.2 Å². The maximum atomic E-state index is 4.59. The lowest BCUT2D eigenvalue weighted by Crippen LogP contribution is -2.27. The molecule has 0 aromatic heterocycles. The normalized spacial score (nSPS) is 26.6. The summed E-state index contributed by atoms with van der Waals surface area (Å²) in [6.45, 7) is 7.52. The lowest BCUT2D eigenvalue weighted by Gasteiger charge is -2.18. The van der Waals surface area contributed by atoms with Crippen LogP contribution in [0.1, 0.15) is 20.8 Å². The van der Waals surface area contributed by atoms with E-state index in [1.54, 1.807) is 11.8 Å². The quantitative estimate of drug-likeness (QED) is 0.550. The molecule has 2 aliphatic rings. The van der Waals surface area contributed by atoms with Crippen LogP contribution < -0.4 is 0 Å². The van der Waals surface area contributed by atoms with Crippen molar-refractivity contribution in [3.05, 3.63) is 11.1 Å². The Morgan fingerprint density at radius 1 is 1.64 bits per heavy atom. The Kier molecular flexibility index (Phi) is 1.34. The highest BCUT2D eigenvalue weighted by Crippen LogP contribution is 2.34. The second-order valence-electron chi connectivity index (χ2n) is 3.67. The minimum absolute atomic E-state index is 0.123. The maximum Gasteiger partial charge on any atom is 0.168 e. The number of thioether (sulfide) groups is 1. The summed E-state index contributed by atoms with van der Waals surface area (Å²) in [5.41, 5.74) is 1.46. The molecule has 0 aromatic rings. The largest absolute Gasteiger partial charge is 0.322 e. The van der Waals surface area contributed by atoms with Crippen LogP contribution in [0, 0.1) is 0 Å². The van der Waals surface area contributed by atoms with E-state index < -0.39 is 0 Å². The third-order valence-electron chi connectivity index (χ3n) is 1.93. The van der Waals surface area contributed by atoms with Gasteiger partial charge in [-0.2, -0.15) is 0 Å². The molecule has 0 saturated carbocycles. The smallest absolute Gasteiger partial charge is 0.168 e. The van der Waals surface area contributed by atoms with Crippen molar-refractivity contribution in [3.8, 4) is 0 Å². The molecule has 2 aliphatic heterocycles. The zero-order chi connectivity index (χ0) is 8.06. The SMILES string of the molecule is CC1=CSC2=NC(C)(C)CN12. The van der Waals surface area contributed by atoms with Gasteiger partial charge in [0.05, 0.1) is 5.54 Å². The van der Waals surface area contributed by atoms with Gasteiger partial charge in [-0.25, -0.2) is 0 Å². The van der Waals surface area contributed by atoms with Crippen molar-refractivity contribution in [2.24, 2.45) is 4.99 Å². The molecule has 2 nitrogen and oxygen atoms in total. The van der Waals surface area contributed by atoms with Gasteiger partial charge in [0.1, 0.15) is 0 Å². The first kappa shape index (κ1) is 7.22. The van der Waals surface area contributed by atoms with Crippen LogP contribution in [0.3, 0.4) is 0 Å². The molecule has 0 radical (unpaired) electrons. The van der Waals surface area contributed by atoms with Gasteiger partial charge in [-0.15, -0.1) is 0 Å². The van der Waals surface area contributed by atoms with Gasteiger partial charge in [0, 0.05) is 12.2 Å². The fraction of sp³-hybridized carbons (Fsp3) is 0.625. The lowest BCUT2D eigenvalue weighted by atomic mass is 10.1. The molecule has 0 N–H and O–H groups in total. The fourth-order valence-corrected chi connectivity index (χ4v) is 2.42. The van der Waals surface area contributed by atoms with Crippen molar-refractivity contribution < 1.29 is 0 Å². The first-order chi connectivity index (χ1) is 5.08. The highest BCUT2D eigenvalue weighted by atomic mass is 32.2. The highest BCUT2D eigenvalue weighted by molar-refractivity contribution is 8.16. The van der Waals surface area contributed by atoms with Crippen molar-refractivity contribution in [1.82, 2.24) is 4.90 Å². The Morgan fingerprint density at radius 3 is 3.00 bits per heavy atom. The monoisotopic (exact) mass is 168 g/mol. The molecular weight excluding hydrogens is 156 g/mol. The Labute approximate surface area is 71.4 Å². The average molecular weight is 168 g/mol. The second kappa shape index (κ2) is 2.03. The van der Waals surface area contributed by atoms with Crippen LogP contribution in [0.4, 0.5) is 0 Å². The number of hydrogen-bond donors (Lipinski definition) is 0. The van der Waals surface area contributed by atoms with Gasteiger partial charge in [0.2, 0.25) is 0 Å². The Bertz CT molecular complexity index is 253. The molecule has 2 heterocycles. The van der Waals surface area contributed by atoms with Crippen LogP contribution in [0.2, 0.25) is 0 Å². The van der Waals surface area contributed by atoms with Crippen LogP contribution in [-0.4, -0.2) is 22.2 Å². The summed E-state index contributed by atoms with van der Waals surface area (Å²) < 4.78 is 0. The molecular formula is C8H12N2S. The summed E-state index contributed by atoms with van der Waals surface area (Å²) in [6, 6.07) is 0. The number of nitrogens with zero attached hydrogens (tertiary/aromatic N) is 2. The highest BCUT2D eigenvalue weighted by Gasteiger charge is 2.34. The van der Waals surface area contributed by atoms with Crippen LogP contribution >= 0.6 is 11.8 Å². The van der Waals surface area contributed by atoms with E-state index in [4.69, 9.17) is 0 Å². The summed E-state index contributed by atoms with van der Waals surface area (Å²) in [5.74, 6) is 0. The van der Waals surface area contributed by atoms with E-state index in [1.165, 1.54) is 10.9 Å². The second-order valence-corrected chi connectivity index (χ2v) is 4.51. The van der Waals surface area contributed by atoms with Crippen LogP contribution in [0.15, 0.2) is 16.1 Å². The molecule has 0 spiro atoms. The number of allylic oxidation sites excluding steroid dienone is 1. The van der Waals surface area contributed by atoms with Crippen LogP contribution in [-0.2, 0) is 0 Å². The van der Waals surface area contributed by atoms with E-state index in [2.05, 4.69) is 36.1 Å². The molecule has 60 valence electrons. The minimum Gasteiger partial charge on any atom is -0.322 e. The van der Waals surface area contributed by atoms with E-state index in [0.717, 1.165) is 6.54 Å². The zero-order valence-electron chi connectivity index (χ0n) is 7.09. The number of aliphatic imine (C=N–C) groups is 1. The predicted octanol–water partition coefficient (Wildman–Crippen LogP) is 2.04. The molecule has 0 aromatic carbocycles. The van der Waals surface area contributed by atoms with Crippen LogP contribution in [0.25, 0.3) is 0 Å². The van der Waals surface area contributed by atoms with E-state index >= 15 is 0 Å². The number of rotatable bonds is 0. The first-order valence-corrected chi connectivity index (χ1v) is 4.67. The molecule has 0 aliphatic carbocycles. The number of amidine groups is 1. The Hall–Kier alpha value is -0.440. The summed E-state index contributed by atoms with van der Waals surface area (Å²) >= 11 is 1.74. The zero-order valence-corrected chi connectivity index (χ0v) is 7.90. The molecule has 3 heteroatoms. The van der Waals surface area contributed by atoms with Gasteiger partial charge in [0.15, 0.2) is 5.17 Å². The molecule has 0 fully saturated rings. The van der Waals surface area contributed by atoms with Crippen molar-refractivity contribution in [1.29, 1.82) is 0 Å².